The highest BCUT2D eigenvalue weighted by Crippen LogP contribution is 2.43. The highest BCUT2D eigenvalue weighted by Gasteiger charge is 2.31. The van der Waals surface area contributed by atoms with Crippen molar-refractivity contribution >= 4 is 17.6 Å². The van der Waals surface area contributed by atoms with Gasteiger partial charge < -0.3 is 5.11 Å². The molecule has 0 saturated heterocycles. The summed E-state index contributed by atoms with van der Waals surface area (Å²) in [7, 11) is 0. The number of halogens is 1. The van der Waals surface area contributed by atoms with E-state index in [4.69, 9.17) is 16.7 Å². The molecule has 2 rings (SSSR count). The topological polar surface area (TPSA) is 37.3 Å². The van der Waals surface area contributed by atoms with Gasteiger partial charge in [0.2, 0.25) is 0 Å². The van der Waals surface area contributed by atoms with E-state index in [1.807, 2.05) is 24.3 Å². The number of carbonyl (C=O) groups is 1. The summed E-state index contributed by atoms with van der Waals surface area (Å²) < 4.78 is 0. The van der Waals surface area contributed by atoms with Crippen molar-refractivity contribution in [3.8, 4) is 0 Å². The van der Waals surface area contributed by atoms with Gasteiger partial charge in [-0.15, -0.1) is 0 Å². The van der Waals surface area contributed by atoms with Crippen LogP contribution in [0.5, 0.6) is 0 Å². The number of hydrogen-bond donors (Lipinski definition) is 1. The van der Waals surface area contributed by atoms with Crippen molar-refractivity contribution in [2.75, 3.05) is 0 Å². The summed E-state index contributed by atoms with van der Waals surface area (Å²) in [5.74, 6) is -0.133. The normalized spacial score (nSPS) is 24.6. The van der Waals surface area contributed by atoms with Gasteiger partial charge in [0.15, 0.2) is 0 Å². The number of carboxylic acids is 1. The standard InChI is InChI=1S/C13H15ClO2/c14-12-7-2-1-5-11(12)10-6-3-4-9(10)8-13(15)16/h1-2,5,7,9-10H,3-4,6,8H2,(H,15,16). The van der Waals surface area contributed by atoms with E-state index in [1.165, 1.54) is 0 Å². The first-order valence-electron chi connectivity index (χ1n) is 5.64. The Balaban J connectivity index is 2.20. The summed E-state index contributed by atoms with van der Waals surface area (Å²) >= 11 is 6.16. The zero-order valence-electron chi connectivity index (χ0n) is 9.03. The van der Waals surface area contributed by atoms with Gasteiger partial charge in [-0.25, -0.2) is 0 Å². The molecule has 1 aliphatic rings. The Kier molecular flexibility index (Phi) is 3.49. The van der Waals surface area contributed by atoms with Crippen molar-refractivity contribution < 1.29 is 9.90 Å². The molecule has 0 aromatic heterocycles. The van der Waals surface area contributed by atoms with Crippen LogP contribution in [0.4, 0.5) is 0 Å². The van der Waals surface area contributed by atoms with Crippen LogP contribution in [0.1, 0.15) is 37.2 Å². The average molecular weight is 239 g/mol. The largest absolute Gasteiger partial charge is 0.481 e. The van der Waals surface area contributed by atoms with Crippen molar-refractivity contribution in [2.24, 2.45) is 5.92 Å². The summed E-state index contributed by atoms with van der Waals surface area (Å²) in [5.41, 5.74) is 1.12. The maximum Gasteiger partial charge on any atom is 0.303 e. The van der Waals surface area contributed by atoms with Gasteiger partial charge in [0.1, 0.15) is 0 Å². The molecule has 0 bridgehead atoms. The second-order valence-electron chi connectivity index (χ2n) is 4.42. The van der Waals surface area contributed by atoms with Gasteiger partial charge in [0.05, 0.1) is 0 Å². The van der Waals surface area contributed by atoms with Gasteiger partial charge in [-0.3, -0.25) is 4.79 Å². The van der Waals surface area contributed by atoms with Gasteiger partial charge in [-0.05, 0) is 36.3 Å². The highest BCUT2D eigenvalue weighted by molar-refractivity contribution is 6.31. The molecule has 1 aromatic carbocycles. The van der Waals surface area contributed by atoms with Crippen LogP contribution in [0.2, 0.25) is 5.02 Å². The van der Waals surface area contributed by atoms with Gasteiger partial charge >= 0.3 is 5.97 Å². The number of benzene rings is 1. The molecule has 0 spiro atoms. The first kappa shape index (κ1) is 11.5. The van der Waals surface area contributed by atoms with Gasteiger partial charge in [0, 0.05) is 11.4 Å². The Morgan fingerprint density at radius 3 is 2.81 bits per heavy atom. The molecule has 0 amide bonds. The first-order chi connectivity index (χ1) is 7.68. The maximum absolute atomic E-state index is 10.8. The Morgan fingerprint density at radius 1 is 1.38 bits per heavy atom. The smallest absolute Gasteiger partial charge is 0.303 e. The van der Waals surface area contributed by atoms with E-state index in [2.05, 4.69) is 0 Å². The molecule has 0 aliphatic heterocycles. The van der Waals surface area contributed by atoms with Crippen molar-refractivity contribution in [3.63, 3.8) is 0 Å². The molecule has 1 aliphatic carbocycles. The fraction of sp³-hybridized carbons (Fsp3) is 0.462. The summed E-state index contributed by atoms with van der Waals surface area (Å²) in [5, 5.41) is 9.64. The molecule has 1 fully saturated rings. The van der Waals surface area contributed by atoms with Crippen molar-refractivity contribution in [1.82, 2.24) is 0 Å². The molecule has 1 N–H and O–H groups in total. The lowest BCUT2D eigenvalue weighted by atomic mass is 9.87. The van der Waals surface area contributed by atoms with E-state index >= 15 is 0 Å². The van der Waals surface area contributed by atoms with Crippen LogP contribution in [-0.4, -0.2) is 11.1 Å². The van der Waals surface area contributed by atoms with Crippen molar-refractivity contribution in [3.05, 3.63) is 34.9 Å². The number of carboxylic acid groups (broad SMARTS) is 1. The van der Waals surface area contributed by atoms with E-state index in [0.717, 1.165) is 29.8 Å². The van der Waals surface area contributed by atoms with Crippen LogP contribution in [0, 0.1) is 5.92 Å². The number of rotatable bonds is 3. The maximum atomic E-state index is 10.8. The zero-order valence-corrected chi connectivity index (χ0v) is 9.78. The predicted molar refractivity (Wildman–Crippen MR) is 63.8 cm³/mol. The Morgan fingerprint density at radius 2 is 2.12 bits per heavy atom. The fourth-order valence-corrected chi connectivity index (χ4v) is 2.97. The second-order valence-corrected chi connectivity index (χ2v) is 4.82. The second kappa shape index (κ2) is 4.88. The van der Waals surface area contributed by atoms with Crippen LogP contribution >= 0.6 is 11.6 Å². The minimum atomic E-state index is -0.705. The lowest BCUT2D eigenvalue weighted by Crippen LogP contribution is -2.11. The van der Waals surface area contributed by atoms with Crippen LogP contribution in [0.3, 0.4) is 0 Å². The van der Waals surface area contributed by atoms with Gasteiger partial charge in [-0.1, -0.05) is 36.2 Å². The molecule has 3 heteroatoms. The number of aliphatic carboxylic acids is 1. The average Bonchev–Trinajstić information content (AvgIpc) is 2.66. The molecule has 2 unspecified atom stereocenters. The van der Waals surface area contributed by atoms with Crippen LogP contribution in [-0.2, 0) is 4.79 Å². The summed E-state index contributed by atoms with van der Waals surface area (Å²) in [6, 6.07) is 7.78. The van der Waals surface area contributed by atoms with E-state index in [0.29, 0.717) is 5.92 Å². The third-order valence-corrected chi connectivity index (χ3v) is 3.74. The minimum absolute atomic E-state index is 0.248. The van der Waals surface area contributed by atoms with E-state index in [1.54, 1.807) is 0 Å². The molecule has 1 saturated carbocycles. The molecule has 2 nitrogen and oxygen atoms in total. The monoisotopic (exact) mass is 238 g/mol. The lowest BCUT2D eigenvalue weighted by molar-refractivity contribution is -0.138. The van der Waals surface area contributed by atoms with E-state index in [9.17, 15) is 4.79 Å². The summed E-state index contributed by atoms with van der Waals surface area (Å²) in [4.78, 5) is 10.8. The molecule has 0 radical (unpaired) electrons. The summed E-state index contributed by atoms with van der Waals surface area (Å²) in [6.07, 6.45) is 3.42. The van der Waals surface area contributed by atoms with Crippen LogP contribution < -0.4 is 0 Å². The molecular weight excluding hydrogens is 224 g/mol. The van der Waals surface area contributed by atoms with Crippen LogP contribution in [0.25, 0.3) is 0 Å². The Labute approximate surface area is 100 Å². The lowest BCUT2D eigenvalue weighted by Gasteiger charge is -2.19. The first-order valence-corrected chi connectivity index (χ1v) is 6.02. The fourth-order valence-electron chi connectivity index (χ4n) is 2.69. The molecule has 0 heterocycles. The van der Waals surface area contributed by atoms with Crippen LogP contribution in [0.15, 0.2) is 24.3 Å². The zero-order chi connectivity index (χ0) is 11.5. The van der Waals surface area contributed by atoms with E-state index < -0.39 is 5.97 Å². The van der Waals surface area contributed by atoms with Gasteiger partial charge in [-0.2, -0.15) is 0 Å². The Hall–Kier alpha value is -1.02. The molecule has 86 valence electrons. The molecule has 1 aromatic rings. The minimum Gasteiger partial charge on any atom is -0.481 e. The summed E-state index contributed by atoms with van der Waals surface area (Å²) in [6.45, 7) is 0. The SMILES string of the molecule is O=C(O)CC1CCCC1c1ccccc1Cl. The third kappa shape index (κ3) is 2.38. The predicted octanol–water partition coefficient (Wildman–Crippen LogP) is 3.70. The Bertz CT molecular complexity index is 389. The quantitative estimate of drug-likeness (QED) is 0.872. The van der Waals surface area contributed by atoms with Crippen molar-refractivity contribution in [1.29, 1.82) is 0 Å². The molecule has 16 heavy (non-hydrogen) atoms. The molecular formula is C13H15ClO2. The highest BCUT2D eigenvalue weighted by atomic mass is 35.5. The van der Waals surface area contributed by atoms with E-state index in [-0.39, 0.29) is 12.3 Å². The number of hydrogen-bond acceptors (Lipinski definition) is 1. The third-order valence-electron chi connectivity index (χ3n) is 3.40. The molecule has 2 atom stereocenters. The van der Waals surface area contributed by atoms with Crippen molar-refractivity contribution in [2.45, 2.75) is 31.6 Å². The van der Waals surface area contributed by atoms with Gasteiger partial charge in [0.25, 0.3) is 0 Å².